The molecule has 2 N–H and O–H groups in total. The molecule has 1 atom stereocenters. The van der Waals surface area contributed by atoms with Gasteiger partial charge in [-0.3, -0.25) is 0 Å². The summed E-state index contributed by atoms with van der Waals surface area (Å²) in [7, 11) is 0. The van der Waals surface area contributed by atoms with Crippen LogP contribution in [0.25, 0.3) is 0 Å². The summed E-state index contributed by atoms with van der Waals surface area (Å²) in [6.07, 6.45) is 0.543. The first-order valence-electron chi connectivity index (χ1n) is 6.24. The van der Waals surface area contributed by atoms with Gasteiger partial charge < -0.3 is 5.73 Å². The second-order valence-corrected chi connectivity index (χ2v) is 4.85. The zero-order valence-corrected chi connectivity index (χ0v) is 11.1. The maximum absolute atomic E-state index is 13.7. The van der Waals surface area contributed by atoms with E-state index >= 15 is 0 Å². The summed E-state index contributed by atoms with van der Waals surface area (Å²) in [6.45, 7) is 4.02. The summed E-state index contributed by atoms with van der Waals surface area (Å²) in [5.74, 6) is -1.17. The van der Waals surface area contributed by atoms with Crippen LogP contribution in [-0.2, 0) is 6.42 Å². The third-order valence-corrected chi connectivity index (χ3v) is 3.43. The second-order valence-electron chi connectivity index (χ2n) is 4.85. The maximum Gasteiger partial charge on any atom is 0.130 e. The first kappa shape index (κ1) is 13.7. The molecule has 1 nitrogen and oxygen atoms in total. The molecule has 0 amide bonds. The predicted octanol–water partition coefficient (Wildman–Crippen LogP) is 3.82. The van der Waals surface area contributed by atoms with Crippen LogP contribution in [0.15, 0.2) is 36.4 Å². The van der Waals surface area contributed by atoms with E-state index in [0.717, 1.165) is 22.8 Å². The highest BCUT2D eigenvalue weighted by Crippen LogP contribution is 2.23. The Balaban J connectivity index is 2.28. The SMILES string of the molecule is Cc1cccc(C)c1CC(N)c1ccc(F)cc1F. The first-order chi connectivity index (χ1) is 8.99. The summed E-state index contributed by atoms with van der Waals surface area (Å²) >= 11 is 0. The fourth-order valence-corrected chi connectivity index (χ4v) is 2.30. The number of aryl methyl sites for hydroxylation is 2. The molecule has 0 bridgehead atoms. The molecule has 0 aliphatic heterocycles. The monoisotopic (exact) mass is 261 g/mol. The summed E-state index contributed by atoms with van der Waals surface area (Å²) in [6, 6.07) is 9.07. The molecule has 0 aliphatic carbocycles. The zero-order valence-electron chi connectivity index (χ0n) is 11.1. The number of benzene rings is 2. The van der Waals surface area contributed by atoms with Crippen LogP contribution in [0, 0.1) is 25.5 Å². The lowest BCUT2D eigenvalue weighted by molar-refractivity contribution is 0.553. The van der Waals surface area contributed by atoms with Gasteiger partial charge in [-0.25, -0.2) is 8.78 Å². The third-order valence-electron chi connectivity index (χ3n) is 3.43. The normalized spacial score (nSPS) is 12.5. The average molecular weight is 261 g/mol. The number of rotatable bonds is 3. The van der Waals surface area contributed by atoms with Crippen molar-refractivity contribution < 1.29 is 8.78 Å². The molecule has 3 heteroatoms. The van der Waals surface area contributed by atoms with Crippen molar-refractivity contribution in [3.8, 4) is 0 Å². The fraction of sp³-hybridized carbons (Fsp3) is 0.250. The van der Waals surface area contributed by atoms with Gasteiger partial charge in [-0.05, 0) is 43.0 Å². The van der Waals surface area contributed by atoms with Gasteiger partial charge in [0, 0.05) is 17.7 Å². The van der Waals surface area contributed by atoms with Crippen molar-refractivity contribution in [3.63, 3.8) is 0 Å². The van der Waals surface area contributed by atoms with Crippen LogP contribution in [0.5, 0.6) is 0 Å². The number of hydrogen-bond acceptors (Lipinski definition) is 1. The van der Waals surface area contributed by atoms with Gasteiger partial charge in [-0.15, -0.1) is 0 Å². The average Bonchev–Trinajstić information content (AvgIpc) is 2.33. The van der Waals surface area contributed by atoms with E-state index < -0.39 is 17.7 Å². The Hall–Kier alpha value is -1.74. The molecule has 0 saturated heterocycles. The molecule has 100 valence electrons. The fourth-order valence-electron chi connectivity index (χ4n) is 2.30. The molecule has 0 saturated carbocycles. The highest BCUT2D eigenvalue weighted by Gasteiger charge is 2.14. The first-order valence-corrected chi connectivity index (χ1v) is 6.24. The van der Waals surface area contributed by atoms with E-state index in [2.05, 4.69) is 0 Å². The topological polar surface area (TPSA) is 26.0 Å². The van der Waals surface area contributed by atoms with Crippen LogP contribution >= 0.6 is 0 Å². The summed E-state index contributed by atoms with van der Waals surface area (Å²) < 4.78 is 26.6. The Morgan fingerprint density at radius 2 is 1.68 bits per heavy atom. The van der Waals surface area contributed by atoms with E-state index in [0.29, 0.717) is 12.0 Å². The van der Waals surface area contributed by atoms with Crippen LogP contribution in [0.3, 0.4) is 0 Å². The van der Waals surface area contributed by atoms with E-state index in [1.807, 2.05) is 32.0 Å². The van der Waals surface area contributed by atoms with Crippen molar-refractivity contribution >= 4 is 0 Å². The maximum atomic E-state index is 13.7. The van der Waals surface area contributed by atoms with Crippen molar-refractivity contribution in [2.45, 2.75) is 26.3 Å². The smallest absolute Gasteiger partial charge is 0.130 e. The van der Waals surface area contributed by atoms with E-state index in [-0.39, 0.29) is 0 Å². The van der Waals surface area contributed by atoms with E-state index in [1.165, 1.54) is 12.1 Å². The molecule has 0 aromatic heterocycles. The van der Waals surface area contributed by atoms with Gasteiger partial charge in [0.1, 0.15) is 11.6 Å². The Bertz CT molecular complexity index is 573. The van der Waals surface area contributed by atoms with Gasteiger partial charge in [-0.1, -0.05) is 24.3 Å². The van der Waals surface area contributed by atoms with Gasteiger partial charge in [0.25, 0.3) is 0 Å². The summed E-state index contributed by atoms with van der Waals surface area (Å²) in [5.41, 5.74) is 9.80. The molecule has 19 heavy (non-hydrogen) atoms. The minimum atomic E-state index is -0.585. The number of hydrogen-bond donors (Lipinski definition) is 1. The van der Waals surface area contributed by atoms with Crippen molar-refractivity contribution in [1.82, 2.24) is 0 Å². The molecule has 1 unspecified atom stereocenters. The Morgan fingerprint density at radius 3 is 2.26 bits per heavy atom. The molecule has 0 radical (unpaired) electrons. The molecule has 0 aliphatic rings. The van der Waals surface area contributed by atoms with Gasteiger partial charge in [0.15, 0.2) is 0 Å². The van der Waals surface area contributed by atoms with Crippen molar-refractivity contribution in [1.29, 1.82) is 0 Å². The lowest BCUT2D eigenvalue weighted by atomic mass is 9.93. The Morgan fingerprint density at radius 1 is 1.05 bits per heavy atom. The lowest BCUT2D eigenvalue weighted by Gasteiger charge is -2.16. The number of nitrogens with two attached hydrogens (primary N) is 1. The standard InChI is InChI=1S/C16H17F2N/c1-10-4-3-5-11(2)14(10)9-16(19)13-7-6-12(17)8-15(13)18/h3-8,16H,9,19H2,1-2H3. The minimum absolute atomic E-state index is 0.351. The van der Waals surface area contributed by atoms with Gasteiger partial charge >= 0.3 is 0 Å². The van der Waals surface area contributed by atoms with Crippen LogP contribution in [0.4, 0.5) is 8.78 Å². The highest BCUT2D eigenvalue weighted by molar-refractivity contribution is 5.35. The quantitative estimate of drug-likeness (QED) is 0.893. The molecular formula is C16H17F2N. The minimum Gasteiger partial charge on any atom is -0.324 e. The van der Waals surface area contributed by atoms with Crippen LogP contribution < -0.4 is 5.73 Å². The number of halogens is 2. The molecule has 2 aromatic rings. The molecule has 2 rings (SSSR count). The van der Waals surface area contributed by atoms with E-state index in [9.17, 15) is 8.78 Å². The largest absolute Gasteiger partial charge is 0.324 e. The molecule has 0 heterocycles. The third kappa shape index (κ3) is 2.99. The Labute approximate surface area is 112 Å². The molecule has 2 aromatic carbocycles. The molecule has 0 fully saturated rings. The van der Waals surface area contributed by atoms with Crippen LogP contribution in [0.1, 0.15) is 28.3 Å². The summed E-state index contributed by atoms with van der Waals surface area (Å²) in [4.78, 5) is 0. The molecular weight excluding hydrogens is 244 g/mol. The molecule has 0 spiro atoms. The zero-order chi connectivity index (χ0) is 14.0. The Kier molecular flexibility index (Phi) is 3.96. The van der Waals surface area contributed by atoms with Crippen LogP contribution in [0.2, 0.25) is 0 Å². The summed E-state index contributed by atoms with van der Waals surface area (Å²) in [5, 5.41) is 0. The van der Waals surface area contributed by atoms with E-state index in [1.54, 1.807) is 0 Å². The van der Waals surface area contributed by atoms with Crippen molar-refractivity contribution in [2.75, 3.05) is 0 Å². The van der Waals surface area contributed by atoms with Crippen LogP contribution in [-0.4, -0.2) is 0 Å². The highest BCUT2D eigenvalue weighted by atomic mass is 19.1. The predicted molar refractivity (Wildman–Crippen MR) is 72.9 cm³/mol. The van der Waals surface area contributed by atoms with Crippen molar-refractivity contribution in [2.24, 2.45) is 5.73 Å². The van der Waals surface area contributed by atoms with E-state index in [4.69, 9.17) is 5.73 Å². The van der Waals surface area contributed by atoms with Gasteiger partial charge in [-0.2, -0.15) is 0 Å². The van der Waals surface area contributed by atoms with Gasteiger partial charge in [0.2, 0.25) is 0 Å². The lowest BCUT2D eigenvalue weighted by Crippen LogP contribution is -2.16. The van der Waals surface area contributed by atoms with Crippen molar-refractivity contribution in [3.05, 3.63) is 70.3 Å². The second kappa shape index (κ2) is 5.49. The van der Waals surface area contributed by atoms with Gasteiger partial charge in [0.05, 0.1) is 0 Å².